The van der Waals surface area contributed by atoms with Crippen molar-refractivity contribution in [2.24, 2.45) is 0 Å². The van der Waals surface area contributed by atoms with Crippen molar-refractivity contribution >= 4 is 49.8 Å². The second-order valence-corrected chi connectivity index (χ2v) is 7.04. The molecule has 0 saturated carbocycles. The fourth-order valence-electron chi connectivity index (χ4n) is 4.26. The monoisotopic (exact) mass is 378 g/mol. The van der Waals surface area contributed by atoms with E-state index >= 15 is 0 Å². The molecule has 0 aliphatic carbocycles. The fourth-order valence-corrected chi connectivity index (χ4v) is 4.26. The van der Waals surface area contributed by atoms with Gasteiger partial charge >= 0.3 is 5.97 Å². The highest BCUT2D eigenvalue weighted by Crippen LogP contribution is 2.43. The van der Waals surface area contributed by atoms with Crippen molar-refractivity contribution in [2.75, 3.05) is 0 Å². The van der Waals surface area contributed by atoms with Gasteiger partial charge in [-0.1, -0.05) is 48.5 Å². The Kier molecular flexibility index (Phi) is 3.15. The minimum absolute atomic E-state index is 0.238. The average molecular weight is 378 g/mol. The van der Waals surface area contributed by atoms with Gasteiger partial charge in [0.2, 0.25) is 0 Å². The zero-order valence-corrected chi connectivity index (χ0v) is 15.2. The maximum atomic E-state index is 12.2. The van der Waals surface area contributed by atoms with Crippen LogP contribution in [0.25, 0.3) is 55.0 Å². The van der Waals surface area contributed by atoms with Gasteiger partial charge < -0.3 is 13.9 Å². The van der Waals surface area contributed by atoms with Gasteiger partial charge in [-0.2, -0.15) is 0 Å². The van der Waals surface area contributed by atoms with Gasteiger partial charge in [0.15, 0.2) is 0 Å². The molecule has 2 aromatic heterocycles. The molecule has 6 aromatic rings. The van der Waals surface area contributed by atoms with Gasteiger partial charge in [0, 0.05) is 27.1 Å². The standard InChI is InChI=1S/C25H14O4/c26-25(27)17-12-13-21-24(15-7-2-4-10-19(15)29-21)23(17)16-8-5-11-20-22(16)14-6-1-3-9-18(14)28-20/h1-13H,(H,26,27). The zero-order chi connectivity index (χ0) is 19.5. The van der Waals surface area contributed by atoms with E-state index in [9.17, 15) is 9.90 Å². The first-order chi connectivity index (χ1) is 14.2. The lowest BCUT2D eigenvalue weighted by Crippen LogP contribution is -2.00. The van der Waals surface area contributed by atoms with E-state index in [0.29, 0.717) is 11.1 Å². The number of carbonyl (C=O) groups is 1. The molecule has 0 saturated heterocycles. The summed E-state index contributed by atoms with van der Waals surface area (Å²) in [5.41, 5.74) is 4.60. The third kappa shape index (κ3) is 2.17. The van der Waals surface area contributed by atoms with Gasteiger partial charge in [-0.15, -0.1) is 0 Å². The van der Waals surface area contributed by atoms with Crippen LogP contribution in [0.2, 0.25) is 0 Å². The van der Waals surface area contributed by atoms with Crippen LogP contribution in [0.3, 0.4) is 0 Å². The number of fused-ring (bicyclic) bond motifs is 6. The molecule has 2 heterocycles. The van der Waals surface area contributed by atoms with Crippen LogP contribution in [0, 0.1) is 0 Å². The Labute approximate surface area is 164 Å². The van der Waals surface area contributed by atoms with Crippen LogP contribution in [0.5, 0.6) is 0 Å². The molecule has 4 nitrogen and oxygen atoms in total. The third-order valence-corrected chi connectivity index (χ3v) is 5.45. The minimum atomic E-state index is -0.975. The molecule has 4 heteroatoms. The highest BCUT2D eigenvalue weighted by atomic mass is 16.4. The zero-order valence-electron chi connectivity index (χ0n) is 15.2. The molecule has 29 heavy (non-hydrogen) atoms. The van der Waals surface area contributed by atoms with Crippen molar-refractivity contribution in [1.29, 1.82) is 0 Å². The number of hydrogen-bond acceptors (Lipinski definition) is 3. The smallest absolute Gasteiger partial charge is 0.336 e. The maximum Gasteiger partial charge on any atom is 0.336 e. The van der Waals surface area contributed by atoms with E-state index in [-0.39, 0.29) is 5.56 Å². The Hall–Kier alpha value is -4.05. The molecule has 4 aromatic carbocycles. The number of benzene rings is 4. The summed E-state index contributed by atoms with van der Waals surface area (Å²) >= 11 is 0. The molecule has 0 atom stereocenters. The topological polar surface area (TPSA) is 63.6 Å². The van der Waals surface area contributed by atoms with Crippen molar-refractivity contribution in [3.63, 3.8) is 0 Å². The van der Waals surface area contributed by atoms with Gasteiger partial charge in [-0.3, -0.25) is 0 Å². The largest absolute Gasteiger partial charge is 0.478 e. The van der Waals surface area contributed by atoms with Crippen LogP contribution in [0.4, 0.5) is 0 Å². The lowest BCUT2D eigenvalue weighted by atomic mass is 9.91. The molecule has 0 amide bonds. The average Bonchev–Trinajstić information content (AvgIpc) is 3.31. The summed E-state index contributed by atoms with van der Waals surface area (Å²) in [5.74, 6) is -0.975. The van der Waals surface area contributed by atoms with E-state index in [1.807, 2.05) is 66.7 Å². The summed E-state index contributed by atoms with van der Waals surface area (Å²) in [4.78, 5) is 12.2. The first kappa shape index (κ1) is 16.0. The van der Waals surface area contributed by atoms with E-state index in [0.717, 1.165) is 43.9 Å². The van der Waals surface area contributed by atoms with Gasteiger partial charge in [0.1, 0.15) is 22.3 Å². The molecule has 1 N–H and O–H groups in total. The van der Waals surface area contributed by atoms with Crippen LogP contribution in [-0.2, 0) is 0 Å². The van der Waals surface area contributed by atoms with E-state index in [1.165, 1.54) is 0 Å². The Bertz CT molecular complexity index is 1580. The number of para-hydroxylation sites is 2. The number of carboxylic acid groups (broad SMARTS) is 1. The van der Waals surface area contributed by atoms with Gasteiger partial charge in [-0.25, -0.2) is 4.79 Å². The molecule has 0 unspecified atom stereocenters. The van der Waals surface area contributed by atoms with Gasteiger partial charge in [0.25, 0.3) is 0 Å². The maximum absolute atomic E-state index is 12.2. The van der Waals surface area contributed by atoms with E-state index < -0.39 is 5.97 Å². The van der Waals surface area contributed by atoms with E-state index in [2.05, 4.69) is 0 Å². The summed E-state index contributed by atoms with van der Waals surface area (Å²) < 4.78 is 12.0. The molecule has 0 aliphatic rings. The Balaban J connectivity index is 1.87. The van der Waals surface area contributed by atoms with Crippen LogP contribution < -0.4 is 0 Å². The molecular formula is C25H14O4. The second-order valence-electron chi connectivity index (χ2n) is 7.04. The number of carboxylic acids is 1. The molecular weight excluding hydrogens is 364 g/mol. The highest BCUT2D eigenvalue weighted by molar-refractivity contribution is 6.22. The molecule has 0 spiro atoms. The molecule has 138 valence electrons. The van der Waals surface area contributed by atoms with Gasteiger partial charge in [0.05, 0.1) is 5.56 Å². The van der Waals surface area contributed by atoms with Crippen molar-refractivity contribution < 1.29 is 18.7 Å². The molecule has 6 rings (SSSR count). The van der Waals surface area contributed by atoms with E-state index in [1.54, 1.807) is 12.1 Å². The predicted molar refractivity (Wildman–Crippen MR) is 113 cm³/mol. The van der Waals surface area contributed by atoms with Crippen molar-refractivity contribution in [3.8, 4) is 11.1 Å². The minimum Gasteiger partial charge on any atom is -0.478 e. The Morgan fingerprint density at radius 2 is 1.21 bits per heavy atom. The van der Waals surface area contributed by atoms with Crippen LogP contribution >= 0.6 is 0 Å². The molecule has 0 aliphatic heterocycles. The first-order valence-corrected chi connectivity index (χ1v) is 9.30. The molecule has 0 bridgehead atoms. The van der Waals surface area contributed by atoms with Crippen molar-refractivity contribution in [2.45, 2.75) is 0 Å². The number of aromatic carboxylic acids is 1. The normalized spacial score (nSPS) is 11.7. The highest BCUT2D eigenvalue weighted by Gasteiger charge is 2.22. The van der Waals surface area contributed by atoms with Crippen LogP contribution in [-0.4, -0.2) is 11.1 Å². The molecule has 0 fully saturated rings. The van der Waals surface area contributed by atoms with Crippen molar-refractivity contribution in [3.05, 3.63) is 84.4 Å². The Morgan fingerprint density at radius 1 is 0.621 bits per heavy atom. The summed E-state index contributed by atoms with van der Waals surface area (Å²) in [6.07, 6.45) is 0. The second kappa shape index (κ2) is 5.72. The van der Waals surface area contributed by atoms with E-state index in [4.69, 9.17) is 8.83 Å². The first-order valence-electron chi connectivity index (χ1n) is 9.30. The summed E-state index contributed by atoms with van der Waals surface area (Å²) in [6, 6.07) is 24.6. The van der Waals surface area contributed by atoms with Gasteiger partial charge in [-0.05, 0) is 35.9 Å². The fraction of sp³-hybridized carbons (Fsp3) is 0. The van der Waals surface area contributed by atoms with Crippen LogP contribution in [0.1, 0.15) is 10.4 Å². The predicted octanol–water partition coefficient (Wildman–Crippen LogP) is 6.85. The molecule has 0 radical (unpaired) electrons. The third-order valence-electron chi connectivity index (χ3n) is 5.45. The summed E-state index contributed by atoms with van der Waals surface area (Å²) in [5, 5.41) is 13.5. The Morgan fingerprint density at radius 3 is 1.90 bits per heavy atom. The SMILES string of the molecule is O=C(O)c1ccc2oc3ccccc3c2c1-c1cccc2oc3ccccc3c12. The number of hydrogen-bond donors (Lipinski definition) is 1. The summed E-state index contributed by atoms with van der Waals surface area (Å²) in [7, 11) is 0. The quantitative estimate of drug-likeness (QED) is 0.358. The summed E-state index contributed by atoms with van der Waals surface area (Å²) in [6.45, 7) is 0. The number of rotatable bonds is 2. The number of furan rings is 2. The van der Waals surface area contributed by atoms with Crippen molar-refractivity contribution in [1.82, 2.24) is 0 Å². The lowest BCUT2D eigenvalue weighted by molar-refractivity contribution is 0.0698. The van der Waals surface area contributed by atoms with Crippen LogP contribution in [0.15, 0.2) is 87.7 Å². The lowest BCUT2D eigenvalue weighted by Gasteiger charge is -2.10.